The van der Waals surface area contributed by atoms with E-state index in [0.717, 1.165) is 12.1 Å². The maximum atomic E-state index is 13.6. The number of ether oxygens (including phenoxy) is 2. The number of nitrogens with zero attached hydrogens (tertiary/aromatic N) is 1. The summed E-state index contributed by atoms with van der Waals surface area (Å²) in [6.45, 7) is 1.61. The first kappa shape index (κ1) is 21.4. The largest absolute Gasteiger partial charge is 0.388 e. The van der Waals surface area contributed by atoms with Gasteiger partial charge in [-0.05, 0) is 12.1 Å². The van der Waals surface area contributed by atoms with Gasteiger partial charge in [0.15, 0.2) is 0 Å². The molecule has 4 N–H and O–H groups in total. The quantitative estimate of drug-likeness (QED) is 0.530. The van der Waals surface area contributed by atoms with E-state index in [-0.39, 0.29) is 24.6 Å². The van der Waals surface area contributed by atoms with E-state index in [1.807, 2.05) is 0 Å². The van der Waals surface area contributed by atoms with E-state index in [0.29, 0.717) is 32.4 Å². The Morgan fingerprint density at radius 2 is 1.83 bits per heavy atom. The lowest BCUT2D eigenvalue weighted by molar-refractivity contribution is -0.139. The van der Waals surface area contributed by atoms with Gasteiger partial charge >= 0.3 is 6.03 Å². The summed E-state index contributed by atoms with van der Waals surface area (Å²) < 4.78 is 37.2. The van der Waals surface area contributed by atoms with Gasteiger partial charge in [-0.2, -0.15) is 0 Å². The Labute approximate surface area is 165 Å². The number of urea groups is 1. The first-order valence-electron chi connectivity index (χ1n) is 9.22. The van der Waals surface area contributed by atoms with Crippen molar-refractivity contribution in [3.05, 3.63) is 29.8 Å². The van der Waals surface area contributed by atoms with Crippen molar-refractivity contribution in [1.82, 2.24) is 10.2 Å². The molecule has 2 heterocycles. The molecule has 0 radical (unpaired) electrons. The highest BCUT2D eigenvalue weighted by Gasteiger charge is 2.43. The standard InChI is InChI=1S/C18H23F2N3O6/c19-10-1-2-12(11(20)7-10)22-18(27)21-9-14-17(26)16(25)13(29-14)8-15(24)23-3-5-28-6-4-23/h1-2,7,13-14,16-17,25-26H,3-6,8-9H2,(H2,21,22,27). The molecule has 2 saturated heterocycles. The highest BCUT2D eigenvalue weighted by Crippen LogP contribution is 2.24. The van der Waals surface area contributed by atoms with E-state index in [9.17, 15) is 28.6 Å². The summed E-state index contributed by atoms with van der Waals surface area (Å²) >= 11 is 0. The number of rotatable bonds is 5. The number of carbonyl (C=O) groups excluding carboxylic acids is 2. The summed E-state index contributed by atoms with van der Waals surface area (Å²) in [5.41, 5.74) is -0.217. The molecule has 160 valence electrons. The van der Waals surface area contributed by atoms with Crippen LogP contribution in [0.4, 0.5) is 19.3 Å². The first-order valence-corrected chi connectivity index (χ1v) is 9.22. The smallest absolute Gasteiger partial charge is 0.319 e. The number of hydrogen-bond acceptors (Lipinski definition) is 6. The van der Waals surface area contributed by atoms with Crippen molar-refractivity contribution in [3.8, 4) is 0 Å². The number of aliphatic hydroxyl groups excluding tert-OH is 2. The number of benzene rings is 1. The van der Waals surface area contributed by atoms with Gasteiger partial charge in [0.05, 0.1) is 31.4 Å². The Hall–Kier alpha value is -2.34. The van der Waals surface area contributed by atoms with Gasteiger partial charge in [-0.15, -0.1) is 0 Å². The Kier molecular flexibility index (Phi) is 6.96. The van der Waals surface area contributed by atoms with Crippen molar-refractivity contribution >= 4 is 17.6 Å². The number of anilines is 1. The molecule has 0 bridgehead atoms. The molecule has 4 unspecified atom stereocenters. The summed E-state index contributed by atoms with van der Waals surface area (Å²) in [6, 6.07) is 1.90. The van der Waals surface area contributed by atoms with Crippen LogP contribution in [0.2, 0.25) is 0 Å². The molecule has 29 heavy (non-hydrogen) atoms. The molecule has 1 aromatic rings. The van der Waals surface area contributed by atoms with Crippen molar-refractivity contribution in [2.75, 3.05) is 38.2 Å². The summed E-state index contributed by atoms with van der Waals surface area (Å²) in [6.07, 6.45) is -4.56. The lowest BCUT2D eigenvalue weighted by Crippen LogP contribution is -2.43. The minimum absolute atomic E-state index is 0.109. The van der Waals surface area contributed by atoms with Gasteiger partial charge < -0.3 is 35.2 Å². The van der Waals surface area contributed by atoms with Crippen LogP contribution >= 0.6 is 0 Å². The monoisotopic (exact) mass is 415 g/mol. The van der Waals surface area contributed by atoms with Crippen LogP contribution in [-0.4, -0.2) is 84.3 Å². The third kappa shape index (κ3) is 5.38. The number of hydrogen-bond donors (Lipinski definition) is 4. The Bertz CT molecular complexity index is 746. The Morgan fingerprint density at radius 3 is 2.52 bits per heavy atom. The van der Waals surface area contributed by atoms with Crippen molar-refractivity contribution in [3.63, 3.8) is 0 Å². The number of amides is 3. The minimum Gasteiger partial charge on any atom is -0.388 e. The van der Waals surface area contributed by atoms with Crippen LogP contribution in [0.3, 0.4) is 0 Å². The van der Waals surface area contributed by atoms with Gasteiger partial charge in [-0.25, -0.2) is 13.6 Å². The van der Waals surface area contributed by atoms with E-state index in [1.165, 1.54) is 0 Å². The van der Waals surface area contributed by atoms with Crippen molar-refractivity contribution < 1.29 is 38.1 Å². The molecule has 2 aliphatic rings. The SMILES string of the molecule is O=C(NCC1OC(CC(=O)N2CCOCC2)C(O)C1O)Nc1ccc(F)cc1F. The predicted octanol–water partition coefficient (Wildman–Crippen LogP) is -0.176. The van der Waals surface area contributed by atoms with Crippen LogP contribution < -0.4 is 10.6 Å². The van der Waals surface area contributed by atoms with Crippen LogP contribution in [0, 0.1) is 11.6 Å². The fourth-order valence-electron chi connectivity index (χ4n) is 3.23. The number of morpholine rings is 1. The molecular weight excluding hydrogens is 392 g/mol. The summed E-state index contributed by atoms with van der Waals surface area (Å²) in [5, 5.41) is 24.9. The van der Waals surface area contributed by atoms with Crippen LogP contribution in [0.5, 0.6) is 0 Å². The predicted molar refractivity (Wildman–Crippen MR) is 96.1 cm³/mol. The van der Waals surface area contributed by atoms with E-state index in [4.69, 9.17) is 9.47 Å². The molecule has 9 nitrogen and oxygen atoms in total. The van der Waals surface area contributed by atoms with Gasteiger partial charge in [-0.3, -0.25) is 4.79 Å². The first-order chi connectivity index (χ1) is 13.8. The van der Waals surface area contributed by atoms with Crippen LogP contribution in [0.25, 0.3) is 0 Å². The minimum atomic E-state index is -1.31. The molecule has 4 atom stereocenters. The summed E-state index contributed by atoms with van der Waals surface area (Å²) in [5.74, 6) is -1.93. The van der Waals surface area contributed by atoms with Crippen molar-refractivity contribution in [1.29, 1.82) is 0 Å². The van der Waals surface area contributed by atoms with E-state index < -0.39 is 42.1 Å². The normalized spacial score (nSPS) is 27.0. The van der Waals surface area contributed by atoms with Gasteiger partial charge in [0.2, 0.25) is 5.91 Å². The number of carbonyl (C=O) groups is 2. The highest BCUT2D eigenvalue weighted by atomic mass is 19.1. The Balaban J connectivity index is 1.48. The zero-order valence-electron chi connectivity index (χ0n) is 15.5. The van der Waals surface area contributed by atoms with Crippen LogP contribution in [-0.2, 0) is 14.3 Å². The Morgan fingerprint density at radius 1 is 1.14 bits per heavy atom. The zero-order chi connectivity index (χ0) is 21.0. The zero-order valence-corrected chi connectivity index (χ0v) is 15.5. The molecule has 2 fully saturated rings. The van der Waals surface area contributed by atoms with E-state index >= 15 is 0 Å². The maximum Gasteiger partial charge on any atom is 0.319 e. The number of halogens is 2. The lowest BCUT2D eigenvalue weighted by atomic mass is 10.0. The third-order valence-electron chi connectivity index (χ3n) is 4.84. The van der Waals surface area contributed by atoms with Crippen molar-refractivity contribution in [2.24, 2.45) is 0 Å². The molecule has 3 rings (SSSR count). The second kappa shape index (κ2) is 9.44. The fraction of sp³-hybridized carbons (Fsp3) is 0.556. The maximum absolute atomic E-state index is 13.6. The van der Waals surface area contributed by atoms with Crippen LogP contribution in [0.1, 0.15) is 6.42 Å². The van der Waals surface area contributed by atoms with Gasteiger partial charge in [-0.1, -0.05) is 0 Å². The molecule has 1 aromatic carbocycles. The molecule has 0 aromatic heterocycles. The van der Waals surface area contributed by atoms with Gasteiger partial charge in [0.25, 0.3) is 0 Å². The molecule has 2 aliphatic heterocycles. The summed E-state index contributed by atoms with van der Waals surface area (Å²) in [7, 11) is 0. The average molecular weight is 415 g/mol. The third-order valence-corrected chi connectivity index (χ3v) is 4.84. The van der Waals surface area contributed by atoms with Gasteiger partial charge in [0.1, 0.15) is 29.9 Å². The van der Waals surface area contributed by atoms with Crippen molar-refractivity contribution in [2.45, 2.75) is 30.8 Å². The number of nitrogens with one attached hydrogen (secondary N) is 2. The second-order valence-electron chi connectivity index (χ2n) is 6.85. The molecule has 11 heteroatoms. The molecule has 0 aliphatic carbocycles. The van der Waals surface area contributed by atoms with Gasteiger partial charge in [0, 0.05) is 25.7 Å². The molecular formula is C18H23F2N3O6. The molecule has 3 amide bonds. The lowest BCUT2D eigenvalue weighted by Gasteiger charge is -2.28. The highest BCUT2D eigenvalue weighted by molar-refractivity contribution is 5.89. The average Bonchev–Trinajstić information content (AvgIpc) is 2.97. The summed E-state index contributed by atoms with van der Waals surface area (Å²) in [4.78, 5) is 25.8. The van der Waals surface area contributed by atoms with Crippen LogP contribution in [0.15, 0.2) is 18.2 Å². The topological polar surface area (TPSA) is 120 Å². The molecule has 0 spiro atoms. The molecule has 0 saturated carbocycles. The number of aliphatic hydroxyl groups is 2. The fourth-order valence-corrected chi connectivity index (χ4v) is 3.23. The van der Waals surface area contributed by atoms with E-state index in [1.54, 1.807) is 4.90 Å². The second-order valence-corrected chi connectivity index (χ2v) is 6.85. The van der Waals surface area contributed by atoms with E-state index in [2.05, 4.69) is 10.6 Å².